The van der Waals surface area contributed by atoms with Gasteiger partial charge < -0.3 is 20.5 Å². The van der Waals surface area contributed by atoms with Crippen LogP contribution >= 0.6 is 0 Å². The van der Waals surface area contributed by atoms with Gasteiger partial charge in [-0.2, -0.15) is 0 Å². The van der Waals surface area contributed by atoms with Gasteiger partial charge in [0.15, 0.2) is 0 Å². The SMILES string of the molecule is COc1ccc(C(=O)NC2(C(=O)O)Cc3ccccc3C2)cc1NC(=O)c1cccc(F)c1. The zero-order chi connectivity index (χ0) is 23.6. The van der Waals surface area contributed by atoms with E-state index in [1.807, 2.05) is 24.3 Å². The molecule has 168 valence electrons. The Kier molecular flexibility index (Phi) is 5.83. The second-order valence-corrected chi connectivity index (χ2v) is 7.84. The summed E-state index contributed by atoms with van der Waals surface area (Å²) in [5, 5.41) is 15.2. The Bertz CT molecular complexity index is 1230. The van der Waals surface area contributed by atoms with Crippen molar-refractivity contribution in [2.75, 3.05) is 12.4 Å². The zero-order valence-electron chi connectivity index (χ0n) is 17.7. The van der Waals surface area contributed by atoms with Crippen molar-refractivity contribution in [1.29, 1.82) is 0 Å². The molecule has 0 saturated heterocycles. The molecule has 0 aliphatic heterocycles. The fourth-order valence-corrected chi connectivity index (χ4v) is 3.97. The van der Waals surface area contributed by atoms with Crippen LogP contribution in [0, 0.1) is 5.82 Å². The van der Waals surface area contributed by atoms with E-state index in [1.165, 1.54) is 43.5 Å². The Morgan fingerprint density at radius 1 is 0.909 bits per heavy atom. The summed E-state index contributed by atoms with van der Waals surface area (Å²) in [6, 6.07) is 16.9. The number of halogens is 1. The molecule has 1 aliphatic rings. The van der Waals surface area contributed by atoms with Gasteiger partial charge in [0.2, 0.25) is 0 Å². The van der Waals surface area contributed by atoms with E-state index in [9.17, 15) is 23.9 Å². The predicted molar refractivity (Wildman–Crippen MR) is 119 cm³/mol. The number of fused-ring (bicyclic) bond motifs is 1. The van der Waals surface area contributed by atoms with E-state index in [1.54, 1.807) is 0 Å². The molecule has 3 aromatic rings. The largest absolute Gasteiger partial charge is 0.495 e. The number of amides is 2. The van der Waals surface area contributed by atoms with Crippen LogP contribution in [0.4, 0.5) is 10.1 Å². The minimum Gasteiger partial charge on any atom is -0.495 e. The predicted octanol–water partition coefficient (Wildman–Crippen LogP) is 3.44. The summed E-state index contributed by atoms with van der Waals surface area (Å²) in [4.78, 5) is 37.7. The van der Waals surface area contributed by atoms with Gasteiger partial charge in [-0.25, -0.2) is 9.18 Å². The molecule has 0 spiro atoms. The molecule has 2 amide bonds. The lowest BCUT2D eigenvalue weighted by molar-refractivity contribution is -0.144. The standard InChI is InChI=1S/C25H21FN2O5/c1-33-21-10-9-16(12-20(21)27-22(29)15-7-4-8-19(26)11-15)23(30)28-25(24(31)32)13-17-5-2-3-6-18(17)14-25/h2-12H,13-14H2,1H3,(H,27,29)(H,28,30)(H,31,32). The van der Waals surface area contributed by atoms with Crippen molar-refractivity contribution in [2.24, 2.45) is 0 Å². The summed E-state index contributed by atoms with van der Waals surface area (Å²) in [5.41, 5.74) is 0.711. The van der Waals surface area contributed by atoms with Gasteiger partial charge in [0.05, 0.1) is 12.8 Å². The number of carbonyl (C=O) groups is 3. The van der Waals surface area contributed by atoms with Crippen LogP contribution in [0.15, 0.2) is 66.7 Å². The number of methoxy groups -OCH3 is 1. The normalized spacial score (nSPS) is 13.6. The van der Waals surface area contributed by atoms with Crippen LogP contribution in [-0.2, 0) is 17.6 Å². The van der Waals surface area contributed by atoms with Crippen molar-refractivity contribution >= 4 is 23.5 Å². The Labute approximate surface area is 189 Å². The lowest BCUT2D eigenvalue weighted by atomic mass is 9.95. The molecule has 0 heterocycles. The van der Waals surface area contributed by atoms with Crippen LogP contribution < -0.4 is 15.4 Å². The number of anilines is 1. The number of carboxylic acid groups (broad SMARTS) is 1. The number of aliphatic carboxylic acids is 1. The van der Waals surface area contributed by atoms with Gasteiger partial charge in [-0.15, -0.1) is 0 Å². The minimum absolute atomic E-state index is 0.0976. The van der Waals surface area contributed by atoms with Gasteiger partial charge in [-0.05, 0) is 47.5 Å². The van der Waals surface area contributed by atoms with Gasteiger partial charge in [-0.1, -0.05) is 30.3 Å². The van der Waals surface area contributed by atoms with Crippen LogP contribution in [0.2, 0.25) is 0 Å². The van der Waals surface area contributed by atoms with E-state index in [2.05, 4.69) is 10.6 Å². The molecule has 0 atom stereocenters. The van der Waals surface area contributed by atoms with Crippen molar-refractivity contribution in [2.45, 2.75) is 18.4 Å². The maximum Gasteiger partial charge on any atom is 0.330 e. The summed E-state index contributed by atoms with van der Waals surface area (Å²) >= 11 is 0. The topological polar surface area (TPSA) is 105 Å². The second kappa shape index (κ2) is 8.74. The number of benzene rings is 3. The lowest BCUT2D eigenvalue weighted by Gasteiger charge is -2.25. The van der Waals surface area contributed by atoms with E-state index in [-0.39, 0.29) is 35.4 Å². The molecule has 0 aromatic heterocycles. The number of carbonyl (C=O) groups excluding carboxylic acids is 2. The molecular weight excluding hydrogens is 427 g/mol. The number of hydrogen-bond acceptors (Lipinski definition) is 4. The molecule has 0 bridgehead atoms. The number of ether oxygens (including phenoxy) is 1. The van der Waals surface area contributed by atoms with Crippen molar-refractivity contribution in [3.8, 4) is 5.75 Å². The van der Waals surface area contributed by atoms with Gasteiger partial charge in [-0.3, -0.25) is 9.59 Å². The highest BCUT2D eigenvalue weighted by Crippen LogP contribution is 2.31. The lowest BCUT2D eigenvalue weighted by Crippen LogP contribution is -2.55. The molecule has 4 rings (SSSR count). The highest BCUT2D eigenvalue weighted by Gasteiger charge is 2.45. The van der Waals surface area contributed by atoms with Gasteiger partial charge >= 0.3 is 5.97 Å². The minimum atomic E-state index is -1.47. The molecule has 0 saturated carbocycles. The van der Waals surface area contributed by atoms with Crippen LogP contribution in [0.5, 0.6) is 5.75 Å². The number of rotatable bonds is 6. The first-order valence-corrected chi connectivity index (χ1v) is 10.2. The summed E-state index contributed by atoms with van der Waals surface area (Å²) in [7, 11) is 1.40. The van der Waals surface area contributed by atoms with Crippen molar-refractivity contribution in [3.63, 3.8) is 0 Å². The monoisotopic (exact) mass is 448 g/mol. The molecule has 33 heavy (non-hydrogen) atoms. The number of nitrogens with one attached hydrogen (secondary N) is 2. The van der Waals surface area contributed by atoms with Crippen LogP contribution in [0.25, 0.3) is 0 Å². The molecule has 3 aromatic carbocycles. The quantitative estimate of drug-likeness (QED) is 0.536. The third kappa shape index (κ3) is 4.41. The van der Waals surface area contributed by atoms with Gasteiger partial charge in [0, 0.05) is 24.0 Å². The average Bonchev–Trinajstić information content (AvgIpc) is 3.18. The summed E-state index contributed by atoms with van der Waals surface area (Å²) < 4.78 is 18.7. The Morgan fingerprint density at radius 3 is 2.18 bits per heavy atom. The Hall–Kier alpha value is -4.20. The smallest absolute Gasteiger partial charge is 0.330 e. The third-order valence-corrected chi connectivity index (χ3v) is 5.66. The highest BCUT2D eigenvalue weighted by atomic mass is 19.1. The summed E-state index contributed by atoms with van der Waals surface area (Å²) in [6.07, 6.45) is 0.340. The number of carboxylic acids is 1. The van der Waals surface area contributed by atoms with Gasteiger partial charge in [0.25, 0.3) is 11.8 Å². The van der Waals surface area contributed by atoms with Crippen molar-refractivity contribution < 1.29 is 28.6 Å². The molecular formula is C25H21FN2O5. The first-order chi connectivity index (χ1) is 15.8. The van der Waals surface area contributed by atoms with E-state index >= 15 is 0 Å². The average molecular weight is 448 g/mol. The van der Waals surface area contributed by atoms with E-state index in [4.69, 9.17) is 4.74 Å². The van der Waals surface area contributed by atoms with Crippen LogP contribution in [0.3, 0.4) is 0 Å². The maximum atomic E-state index is 13.5. The maximum absolute atomic E-state index is 13.5. The first kappa shape index (κ1) is 22.0. The Morgan fingerprint density at radius 2 is 1.58 bits per heavy atom. The fourth-order valence-electron chi connectivity index (χ4n) is 3.97. The second-order valence-electron chi connectivity index (χ2n) is 7.84. The Balaban J connectivity index is 1.58. The van der Waals surface area contributed by atoms with Crippen molar-refractivity contribution in [3.05, 3.63) is 94.8 Å². The van der Waals surface area contributed by atoms with Crippen LogP contribution in [0.1, 0.15) is 31.8 Å². The molecule has 1 aliphatic carbocycles. The number of hydrogen-bond donors (Lipinski definition) is 3. The highest BCUT2D eigenvalue weighted by molar-refractivity contribution is 6.06. The molecule has 0 radical (unpaired) electrons. The van der Waals surface area contributed by atoms with Crippen molar-refractivity contribution in [1.82, 2.24) is 5.32 Å². The first-order valence-electron chi connectivity index (χ1n) is 10.2. The summed E-state index contributed by atoms with van der Waals surface area (Å²) in [6.45, 7) is 0. The zero-order valence-corrected chi connectivity index (χ0v) is 17.7. The fraction of sp³-hybridized carbons (Fsp3) is 0.160. The third-order valence-electron chi connectivity index (χ3n) is 5.66. The van der Waals surface area contributed by atoms with E-state index in [0.29, 0.717) is 0 Å². The molecule has 8 heteroatoms. The molecule has 3 N–H and O–H groups in total. The van der Waals surface area contributed by atoms with Crippen LogP contribution in [-0.4, -0.2) is 35.5 Å². The molecule has 7 nitrogen and oxygen atoms in total. The molecule has 0 fully saturated rings. The van der Waals surface area contributed by atoms with E-state index < -0.39 is 29.1 Å². The van der Waals surface area contributed by atoms with E-state index in [0.717, 1.165) is 17.2 Å². The molecule has 0 unspecified atom stereocenters. The summed E-state index contributed by atoms with van der Waals surface area (Å²) in [5.74, 6) is -2.58. The van der Waals surface area contributed by atoms with Gasteiger partial charge in [0.1, 0.15) is 17.1 Å².